The quantitative estimate of drug-likeness (QED) is 0.764. The Kier molecular flexibility index (Phi) is 3.63. The summed E-state index contributed by atoms with van der Waals surface area (Å²) >= 11 is 0. The maximum atomic E-state index is 5.72. The Balaban J connectivity index is 1.73. The van der Waals surface area contributed by atoms with Crippen molar-refractivity contribution in [2.24, 2.45) is 7.05 Å². The van der Waals surface area contributed by atoms with Crippen LogP contribution in [0.5, 0.6) is 5.88 Å². The molecule has 0 bridgehead atoms. The van der Waals surface area contributed by atoms with Gasteiger partial charge >= 0.3 is 0 Å². The van der Waals surface area contributed by atoms with Crippen LogP contribution < -0.4 is 10.5 Å². The van der Waals surface area contributed by atoms with E-state index < -0.39 is 0 Å². The molecule has 0 aliphatic carbocycles. The number of hydrogen-bond acceptors (Lipinski definition) is 5. The molecule has 0 saturated carbocycles. The lowest BCUT2D eigenvalue weighted by Crippen LogP contribution is -2.38. The van der Waals surface area contributed by atoms with Crippen LogP contribution in [0.25, 0.3) is 0 Å². The summed E-state index contributed by atoms with van der Waals surface area (Å²) in [6.45, 7) is 5.07. The maximum absolute atomic E-state index is 5.72. The summed E-state index contributed by atoms with van der Waals surface area (Å²) in [6, 6.07) is 0. The van der Waals surface area contributed by atoms with E-state index in [1.54, 1.807) is 10.9 Å². The van der Waals surface area contributed by atoms with Crippen molar-refractivity contribution < 1.29 is 9.47 Å². The summed E-state index contributed by atoms with van der Waals surface area (Å²) in [6.07, 6.45) is 1.74. The molecule has 90 valence electrons. The van der Waals surface area contributed by atoms with Gasteiger partial charge in [-0.2, -0.15) is 0 Å². The zero-order chi connectivity index (χ0) is 11.4. The minimum atomic E-state index is 0.524. The molecule has 16 heavy (non-hydrogen) atoms. The van der Waals surface area contributed by atoms with Crippen LogP contribution in [-0.2, 0) is 11.8 Å². The zero-order valence-corrected chi connectivity index (χ0v) is 9.56. The fourth-order valence-corrected chi connectivity index (χ4v) is 1.69. The molecule has 0 amide bonds. The second kappa shape index (κ2) is 5.18. The van der Waals surface area contributed by atoms with Gasteiger partial charge in [-0.05, 0) is 0 Å². The number of nitrogen functional groups attached to an aromatic ring is 1. The summed E-state index contributed by atoms with van der Waals surface area (Å²) in [4.78, 5) is 2.31. The SMILES string of the molecule is Cn1cc(N)c(OCCN2CCOCC2)n1. The third-order valence-electron chi connectivity index (χ3n) is 2.57. The van der Waals surface area contributed by atoms with Crippen LogP contribution in [-0.4, -0.2) is 54.1 Å². The second-order valence-electron chi connectivity index (χ2n) is 3.87. The van der Waals surface area contributed by atoms with Crippen molar-refractivity contribution in [3.63, 3.8) is 0 Å². The van der Waals surface area contributed by atoms with E-state index in [4.69, 9.17) is 15.2 Å². The van der Waals surface area contributed by atoms with Gasteiger partial charge in [0.05, 0.1) is 19.4 Å². The lowest BCUT2D eigenvalue weighted by Gasteiger charge is -2.26. The van der Waals surface area contributed by atoms with Crippen molar-refractivity contribution in [3.8, 4) is 5.88 Å². The van der Waals surface area contributed by atoms with Crippen molar-refractivity contribution in [1.82, 2.24) is 14.7 Å². The van der Waals surface area contributed by atoms with Gasteiger partial charge in [-0.25, -0.2) is 0 Å². The number of rotatable bonds is 4. The predicted octanol–water partition coefficient (Wildman–Crippen LogP) is -0.287. The van der Waals surface area contributed by atoms with E-state index in [1.807, 2.05) is 7.05 Å². The summed E-state index contributed by atoms with van der Waals surface area (Å²) in [5.41, 5.74) is 6.31. The number of nitrogens with zero attached hydrogens (tertiary/aromatic N) is 3. The highest BCUT2D eigenvalue weighted by atomic mass is 16.5. The Labute approximate surface area is 94.9 Å². The van der Waals surface area contributed by atoms with Gasteiger partial charge in [0, 0.05) is 26.7 Å². The number of nitrogens with two attached hydrogens (primary N) is 1. The van der Waals surface area contributed by atoms with E-state index in [9.17, 15) is 0 Å². The average molecular weight is 226 g/mol. The minimum Gasteiger partial charge on any atom is -0.474 e. The van der Waals surface area contributed by atoms with Crippen LogP contribution in [0.2, 0.25) is 0 Å². The molecule has 0 spiro atoms. The van der Waals surface area contributed by atoms with E-state index in [1.165, 1.54) is 0 Å². The second-order valence-corrected chi connectivity index (χ2v) is 3.87. The van der Waals surface area contributed by atoms with Crippen molar-refractivity contribution in [2.75, 3.05) is 45.2 Å². The number of morpholine rings is 1. The molecule has 0 aromatic carbocycles. The normalized spacial score (nSPS) is 17.6. The molecular weight excluding hydrogens is 208 g/mol. The van der Waals surface area contributed by atoms with Gasteiger partial charge in [-0.1, -0.05) is 0 Å². The molecule has 0 radical (unpaired) electrons. The number of hydrogen-bond donors (Lipinski definition) is 1. The van der Waals surface area contributed by atoms with Gasteiger partial charge in [0.1, 0.15) is 12.3 Å². The van der Waals surface area contributed by atoms with Crippen molar-refractivity contribution in [2.45, 2.75) is 0 Å². The fraction of sp³-hybridized carbons (Fsp3) is 0.700. The molecule has 1 aliphatic rings. The Hall–Kier alpha value is -1.27. The van der Waals surface area contributed by atoms with Gasteiger partial charge in [0.15, 0.2) is 0 Å². The van der Waals surface area contributed by atoms with Crippen molar-refractivity contribution in [1.29, 1.82) is 0 Å². The first-order valence-corrected chi connectivity index (χ1v) is 5.48. The Morgan fingerprint density at radius 1 is 1.50 bits per heavy atom. The lowest BCUT2D eigenvalue weighted by atomic mass is 10.4. The largest absolute Gasteiger partial charge is 0.474 e. The number of aromatic nitrogens is 2. The molecule has 0 unspecified atom stereocenters. The molecule has 1 aromatic heterocycles. The third kappa shape index (κ3) is 2.86. The topological polar surface area (TPSA) is 65.5 Å². The standard InChI is InChI=1S/C10H18N4O2/c1-13-8-9(11)10(12-13)16-7-4-14-2-5-15-6-3-14/h8H,2-7,11H2,1H3. The fourth-order valence-electron chi connectivity index (χ4n) is 1.69. The summed E-state index contributed by atoms with van der Waals surface area (Å²) in [5, 5.41) is 4.12. The minimum absolute atomic E-state index is 0.524. The van der Waals surface area contributed by atoms with Gasteiger partial charge in [-0.3, -0.25) is 9.58 Å². The van der Waals surface area contributed by atoms with Crippen LogP contribution >= 0.6 is 0 Å². The van der Waals surface area contributed by atoms with Crippen LogP contribution in [0.4, 0.5) is 5.69 Å². The van der Waals surface area contributed by atoms with Gasteiger partial charge in [0.2, 0.25) is 0 Å². The van der Waals surface area contributed by atoms with E-state index >= 15 is 0 Å². The molecule has 2 rings (SSSR count). The number of anilines is 1. The molecule has 6 heteroatoms. The monoisotopic (exact) mass is 226 g/mol. The van der Waals surface area contributed by atoms with Gasteiger partial charge < -0.3 is 15.2 Å². The number of ether oxygens (including phenoxy) is 2. The Morgan fingerprint density at radius 2 is 2.25 bits per heavy atom. The highest BCUT2D eigenvalue weighted by Crippen LogP contribution is 2.16. The average Bonchev–Trinajstić information content (AvgIpc) is 2.59. The molecule has 1 saturated heterocycles. The first-order valence-electron chi connectivity index (χ1n) is 5.48. The molecule has 2 N–H and O–H groups in total. The molecule has 6 nitrogen and oxygen atoms in total. The van der Waals surface area contributed by atoms with Crippen LogP contribution in [0, 0.1) is 0 Å². The van der Waals surface area contributed by atoms with Crippen molar-refractivity contribution >= 4 is 5.69 Å². The molecule has 1 aromatic rings. The molecule has 2 heterocycles. The highest BCUT2D eigenvalue weighted by molar-refractivity contribution is 5.45. The summed E-state index contributed by atoms with van der Waals surface area (Å²) in [7, 11) is 1.82. The highest BCUT2D eigenvalue weighted by Gasteiger charge is 2.11. The Bertz CT molecular complexity index is 334. The smallest absolute Gasteiger partial charge is 0.256 e. The van der Waals surface area contributed by atoms with E-state index in [0.29, 0.717) is 18.2 Å². The molecule has 0 atom stereocenters. The zero-order valence-electron chi connectivity index (χ0n) is 9.56. The first kappa shape index (κ1) is 11.2. The number of aryl methyl sites for hydroxylation is 1. The maximum Gasteiger partial charge on any atom is 0.256 e. The molecule has 1 fully saturated rings. The summed E-state index contributed by atoms with van der Waals surface area (Å²) < 4.78 is 12.4. The van der Waals surface area contributed by atoms with Crippen LogP contribution in [0.15, 0.2) is 6.20 Å². The molecular formula is C10H18N4O2. The Morgan fingerprint density at radius 3 is 2.88 bits per heavy atom. The molecule has 1 aliphatic heterocycles. The third-order valence-corrected chi connectivity index (χ3v) is 2.57. The van der Waals surface area contributed by atoms with E-state index in [0.717, 1.165) is 32.8 Å². The predicted molar refractivity (Wildman–Crippen MR) is 60.4 cm³/mol. The van der Waals surface area contributed by atoms with Gasteiger partial charge in [0.25, 0.3) is 5.88 Å². The van der Waals surface area contributed by atoms with Gasteiger partial charge in [-0.15, -0.1) is 5.10 Å². The lowest BCUT2D eigenvalue weighted by molar-refractivity contribution is 0.0320. The van der Waals surface area contributed by atoms with Crippen LogP contribution in [0.1, 0.15) is 0 Å². The van der Waals surface area contributed by atoms with E-state index in [-0.39, 0.29) is 0 Å². The van der Waals surface area contributed by atoms with Crippen molar-refractivity contribution in [3.05, 3.63) is 6.20 Å². The first-order chi connectivity index (χ1) is 7.75. The summed E-state index contributed by atoms with van der Waals surface area (Å²) in [5.74, 6) is 0.524. The van der Waals surface area contributed by atoms with E-state index in [2.05, 4.69) is 10.00 Å². The van der Waals surface area contributed by atoms with Crippen LogP contribution in [0.3, 0.4) is 0 Å².